The summed E-state index contributed by atoms with van der Waals surface area (Å²) in [6.45, 7) is 3.98. The Bertz CT molecular complexity index is 620. The summed E-state index contributed by atoms with van der Waals surface area (Å²) >= 11 is 0. The molecule has 0 aliphatic carbocycles. The summed E-state index contributed by atoms with van der Waals surface area (Å²) in [5.74, 6) is -0.130. The van der Waals surface area contributed by atoms with Crippen molar-refractivity contribution < 1.29 is 8.60 Å². The zero-order valence-corrected chi connectivity index (χ0v) is 11.8. The van der Waals surface area contributed by atoms with Gasteiger partial charge in [0.1, 0.15) is 5.82 Å². The summed E-state index contributed by atoms with van der Waals surface area (Å²) in [6.07, 6.45) is 0. The molecule has 1 unspecified atom stereocenters. The van der Waals surface area contributed by atoms with Crippen molar-refractivity contribution in [2.45, 2.75) is 24.5 Å². The van der Waals surface area contributed by atoms with Crippen molar-refractivity contribution in [2.75, 3.05) is 5.73 Å². The molecule has 0 saturated heterocycles. The molecule has 0 heterocycles. The van der Waals surface area contributed by atoms with Crippen molar-refractivity contribution in [1.82, 2.24) is 0 Å². The number of nitrogens with two attached hydrogens (primary N) is 1. The second-order valence-corrected chi connectivity index (χ2v) is 5.99. The first kappa shape index (κ1) is 13.7. The van der Waals surface area contributed by atoms with Crippen LogP contribution in [0.3, 0.4) is 0 Å². The van der Waals surface area contributed by atoms with Crippen molar-refractivity contribution >= 4 is 16.5 Å². The smallest absolute Gasteiger partial charge is 0.147 e. The molecule has 0 bridgehead atoms. The predicted molar refractivity (Wildman–Crippen MR) is 76.8 cm³/mol. The Morgan fingerprint density at radius 3 is 2.37 bits per heavy atom. The topological polar surface area (TPSA) is 43.1 Å². The highest BCUT2D eigenvalue weighted by atomic mass is 32.2. The summed E-state index contributed by atoms with van der Waals surface area (Å²) in [4.78, 5) is 0.467. The van der Waals surface area contributed by atoms with Gasteiger partial charge in [-0.1, -0.05) is 18.2 Å². The van der Waals surface area contributed by atoms with E-state index in [1.54, 1.807) is 6.07 Å². The van der Waals surface area contributed by atoms with Gasteiger partial charge in [-0.05, 0) is 48.7 Å². The van der Waals surface area contributed by atoms with Gasteiger partial charge >= 0.3 is 0 Å². The second-order valence-electron chi connectivity index (χ2n) is 4.54. The van der Waals surface area contributed by atoms with Gasteiger partial charge in [0.2, 0.25) is 0 Å². The van der Waals surface area contributed by atoms with Crippen LogP contribution in [0, 0.1) is 19.7 Å². The molecular weight excluding hydrogens is 261 g/mol. The van der Waals surface area contributed by atoms with Crippen molar-refractivity contribution in [3.05, 3.63) is 58.9 Å². The van der Waals surface area contributed by atoms with Crippen LogP contribution in [0.2, 0.25) is 0 Å². The van der Waals surface area contributed by atoms with Gasteiger partial charge in [0, 0.05) is 4.90 Å². The highest BCUT2D eigenvalue weighted by Crippen LogP contribution is 2.21. The van der Waals surface area contributed by atoms with Gasteiger partial charge in [-0.3, -0.25) is 4.21 Å². The predicted octanol–water partition coefficient (Wildman–Crippen LogP) is 3.33. The molecule has 0 fully saturated rings. The standard InChI is InChI=1S/C15H16FNOS/c1-10-4-3-5-11(2)13(10)9-19(18)12-6-7-15(17)14(16)8-12/h3-8H,9,17H2,1-2H3. The molecule has 0 saturated carbocycles. The largest absolute Gasteiger partial charge is 0.396 e. The number of hydrogen-bond donors (Lipinski definition) is 1. The van der Waals surface area contributed by atoms with Crippen LogP contribution >= 0.6 is 0 Å². The molecule has 2 aromatic carbocycles. The van der Waals surface area contributed by atoms with E-state index in [2.05, 4.69) is 0 Å². The zero-order valence-electron chi connectivity index (χ0n) is 10.9. The van der Waals surface area contributed by atoms with Gasteiger partial charge in [0.05, 0.1) is 22.2 Å². The lowest BCUT2D eigenvalue weighted by molar-refractivity contribution is 0.627. The number of benzene rings is 2. The van der Waals surface area contributed by atoms with E-state index in [-0.39, 0.29) is 5.69 Å². The van der Waals surface area contributed by atoms with Crippen molar-refractivity contribution in [1.29, 1.82) is 0 Å². The van der Waals surface area contributed by atoms with Crippen LogP contribution in [0.5, 0.6) is 0 Å². The summed E-state index contributed by atoms with van der Waals surface area (Å²) in [7, 11) is -1.27. The highest BCUT2D eigenvalue weighted by molar-refractivity contribution is 7.84. The molecule has 2 N–H and O–H groups in total. The van der Waals surface area contributed by atoms with E-state index < -0.39 is 16.6 Å². The number of nitrogen functional groups attached to an aromatic ring is 1. The van der Waals surface area contributed by atoms with Crippen LogP contribution in [0.15, 0.2) is 41.3 Å². The third-order valence-electron chi connectivity index (χ3n) is 3.15. The Morgan fingerprint density at radius 1 is 1.16 bits per heavy atom. The van der Waals surface area contributed by atoms with Crippen molar-refractivity contribution in [3.8, 4) is 0 Å². The molecule has 2 aromatic rings. The molecule has 0 aromatic heterocycles. The van der Waals surface area contributed by atoms with Crippen molar-refractivity contribution in [2.24, 2.45) is 0 Å². The van der Waals surface area contributed by atoms with E-state index in [0.29, 0.717) is 10.6 Å². The van der Waals surface area contributed by atoms with Gasteiger partial charge in [-0.2, -0.15) is 0 Å². The molecule has 1 atom stereocenters. The Hall–Kier alpha value is -1.68. The highest BCUT2D eigenvalue weighted by Gasteiger charge is 2.11. The van der Waals surface area contributed by atoms with Crippen LogP contribution in [0.25, 0.3) is 0 Å². The summed E-state index contributed by atoms with van der Waals surface area (Å²) < 4.78 is 25.7. The molecule has 0 spiro atoms. The minimum Gasteiger partial charge on any atom is -0.396 e. The first-order valence-electron chi connectivity index (χ1n) is 5.97. The average Bonchev–Trinajstić information content (AvgIpc) is 2.37. The monoisotopic (exact) mass is 277 g/mol. The number of aryl methyl sites for hydroxylation is 2. The second kappa shape index (κ2) is 5.53. The van der Waals surface area contributed by atoms with Crippen LogP contribution in [0.1, 0.15) is 16.7 Å². The SMILES string of the molecule is Cc1cccc(C)c1CS(=O)c1ccc(N)c(F)c1. The average molecular weight is 277 g/mol. The molecule has 0 amide bonds. The first-order valence-corrected chi connectivity index (χ1v) is 7.29. The first-order chi connectivity index (χ1) is 8.99. The minimum absolute atomic E-state index is 0.0767. The molecule has 0 aliphatic rings. The van der Waals surface area contributed by atoms with E-state index >= 15 is 0 Å². The number of anilines is 1. The van der Waals surface area contributed by atoms with Gasteiger partial charge in [0.15, 0.2) is 0 Å². The third kappa shape index (κ3) is 3.01. The van der Waals surface area contributed by atoms with Gasteiger partial charge in [0.25, 0.3) is 0 Å². The molecule has 2 nitrogen and oxygen atoms in total. The minimum atomic E-state index is -1.27. The van der Waals surface area contributed by atoms with Crippen LogP contribution < -0.4 is 5.73 Å². The van der Waals surface area contributed by atoms with Crippen LogP contribution in [0.4, 0.5) is 10.1 Å². The lowest BCUT2D eigenvalue weighted by atomic mass is 10.1. The Balaban J connectivity index is 2.28. The number of rotatable bonds is 3. The quantitative estimate of drug-likeness (QED) is 0.874. The fourth-order valence-electron chi connectivity index (χ4n) is 1.94. The maximum absolute atomic E-state index is 13.4. The van der Waals surface area contributed by atoms with Crippen LogP contribution in [-0.2, 0) is 16.6 Å². The molecule has 2 rings (SSSR count). The summed E-state index contributed by atoms with van der Waals surface area (Å²) in [6, 6.07) is 10.3. The zero-order chi connectivity index (χ0) is 14.0. The Kier molecular flexibility index (Phi) is 4.00. The lowest BCUT2D eigenvalue weighted by Crippen LogP contribution is -2.02. The number of hydrogen-bond acceptors (Lipinski definition) is 2. The molecule has 19 heavy (non-hydrogen) atoms. The summed E-state index contributed by atoms with van der Waals surface area (Å²) in [5, 5.41) is 0. The van der Waals surface area contributed by atoms with Gasteiger partial charge < -0.3 is 5.73 Å². The third-order valence-corrected chi connectivity index (χ3v) is 4.49. The molecule has 4 heteroatoms. The van der Waals surface area contributed by atoms with E-state index in [0.717, 1.165) is 16.7 Å². The molecule has 100 valence electrons. The fourth-order valence-corrected chi connectivity index (χ4v) is 3.28. The Morgan fingerprint density at radius 2 is 1.79 bits per heavy atom. The fraction of sp³-hybridized carbons (Fsp3) is 0.200. The van der Waals surface area contributed by atoms with E-state index in [1.165, 1.54) is 12.1 Å². The van der Waals surface area contributed by atoms with Gasteiger partial charge in [-0.15, -0.1) is 0 Å². The van der Waals surface area contributed by atoms with E-state index in [1.807, 2.05) is 32.0 Å². The van der Waals surface area contributed by atoms with Crippen LogP contribution in [-0.4, -0.2) is 4.21 Å². The maximum atomic E-state index is 13.4. The van der Waals surface area contributed by atoms with Gasteiger partial charge in [-0.25, -0.2) is 4.39 Å². The maximum Gasteiger partial charge on any atom is 0.147 e. The molecule has 0 aliphatic heterocycles. The number of halogens is 1. The molecule has 0 radical (unpaired) electrons. The summed E-state index contributed by atoms with van der Waals surface area (Å²) in [5.41, 5.74) is 8.75. The van der Waals surface area contributed by atoms with E-state index in [4.69, 9.17) is 5.73 Å². The van der Waals surface area contributed by atoms with Crippen molar-refractivity contribution in [3.63, 3.8) is 0 Å². The Labute approximate surface area is 114 Å². The van der Waals surface area contributed by atoms with E-state index in [9.17, 15) is 8.60 Å². The normalized spacial score (nSPS) is 12.4. The lowest BCUT2D eigenvalue weighted by Gasteiger charge is -2.10. The molecular formula is C15H16FNOS.